The molecule has 8 rings (SSSR count). The van der Waals surface area contributed by atoms with E-state index in [0.29, 0.717) is 38.0 Å². The summed E-state index contributed by atoms with van der Waals surface area (Å²) in [7, 11) is 1.71. The molecule has 10 bridgehead atoms. The molecule has 0 aromatic heterocycles. The monoisotopic (exact) mass is 730 g/mol. The number of ether oxygens (including phenoxy) is 8. The smallest absolute Gasteiger partial charge is 0.169 e. The molecule has 2 N–H and O–H groups in total. The largest absolute Gasteiger partial charge is 0.394 e. The van der Waals surface area contributed by atoms with Gasteiger partial charge in [0.05, 0.1) is 67.6 Å². The summed E-state index contributed by atoms with van der Waals surface area (Å²) in [6, 6.07) is 0. The Morgan fingerprint density at radius 3 is 2.37 bits per heavy atom. The molecular weight excluding hydrogens is 668 g/mol. The summed E-state index contributed by atoms with van der Waals surface area (Å²) in [6.45, 7) is 12.9. The fourth-order valence-corrected chi connectivity index (χ4v) is 11.0. The molecular formula is C41H62O11. The Balaban J connectivity index is 1.06. The summed E-state index contributed by atoms with van der Waals surface area (Å²) in [4.78, 5) is 14.0. The number of methoxy groups -OCH3 is 1. The van der Waals surface area contributed by atoms with E-state index in [2.05, 4.69) is 27.0 Å². The maximum Gasteiger partial charge on any atom is 0.169 e. The first-order valence-corrected chi connectivity index (χ1v) is 20.4. The minimum atomic E-state index is -0.876. The van der Waals surface area contributed by atoms with Gasteiger partial charge < -0.3 is 48.1 Å². The number of Topliss-reactive ketones (excluding diaryl/α,β-unsaturated/α-hetero) is 1. The molecule has 8 aliphatic rings. The van der Waals surface area contributed by atoms with E-state index < -0.39 is 11.9 Å². The highest BCUT2D eigenvalue weighted by atomic mass is 16.7. The van der Waals surface area contributed by atoms with Gasteiger partial charge in [0.1, 0.15) is 30.2 Å². The van der Waals surface area contributed by atoms with E-state index in [1.54, 1.807) is 7.11 Å². The Bertz CT molecular complexity index is 1320. The third-order valence-corrected chi connectivity index (χ3v) is 14.0. The van der Waals surface area contributed by atoms with Gasteiger partial charge in [0.15, 0.2) is 5.79 Å². The fourth-order valence-electron chi connectivity index (χ4n) is 11.0. The lowest BCUT2D eigenvalue weighted by molar-refractivity contribution is -0.302. The first-order chi connectivity index (χ1) is 25.0. The van der Waals surface area contributed by atoms with Crippen LogP contribution < -0.4 is 0 Å². The second-order valence-corrected chi connectivity index (χ2v) is 17.5. The Morgan fingerprint density at radius 2 is 1.56 bits per heavy atom. The molecule has 1 spiro atoms. The maximum absolute atomic E-state index is 14.0. The molecule has 0 amide bonds. The van der Waals surface area contributed by atoms with Crippen LogP contribution in [0.1, 0.15) is 104 Å². The Morgan fingerprint density at radius 1 is 0.788 bits per heavy atom. The predicted molar refractivity (Wildman–Crippen MR) is 189 cm³/mol. The lowest BCUT2D eigenvalue weighted by Gasteiger charge is -2.50. The van der Waals surface area contributed by atoms with E-state index >= 15 is 0 Å². The summed E-state index contributed by atoms with van der Waals surface area (Å²) >= 11 is 0. The van der Waals surface area contributed by atoms with Crippen LogP contribution in [0.2, 0.25) is 0 Å². The minimum absolute atomic E-state index is 0.0120. The van der Waals surface area contributed by atoms with Crippen molar-refractivity contribution in [2.24, 2.45) is 17.8 Å². The van der Waals surface area contributed by atoms with Crippen LogP contribution in [-0.4, -0.2) is 121 Å². The van der Waals surface area contributed by atoms with Crippen molar-refractivity contribution in [1.82, 2.24) is 0 Å². The molecule has 8 heterocycles. The van der Waals surface area contributed by atoms with E-state index in [-0.39, 0.29) is 104 Å². The number of aliphatic hydroxyl groups excluding tert-OH is 2. The number of hydrogen-bond donors (Lipinski definition) is 2. The first-order valence-electron chi connectivity index (χ1n) is 20.4. The minimum Gasteiger partial charge on any atom is -0.394 e. The molecule has 3 unspecified atom stereocenters. The van der Waals surface area contributed by atoms with Crippen molar-refractivity contribution in [3.8, 4) is 0 Å². The molecule has 0 aromatic rings. The zero-order chi connectivity index (χ0) is 36.3. The topological polar surface area (TPSA) is 131 Å². The predicted octanol–water partition coefficient (Wildman–Crippen LogP) is 4.73. The van der Waals surface area contributed by atoms with Gasteiger partial charge in [0.25, 0.3) is 0 Å². The quantitative estimate of drug-likeness (QED) is 0.390. The summed E-state index contributed by atoms with van der Waals surface area (Å²) in [5.74, 6) is -0.377. The number of hydrogen-bond acceptors (Lipinski definition) is 11. The molecule has 11 nitrogen and oxygen atoms in total. The second kappa shape index (κ2) is 15.4. The van der Waals surface area contributed by atoms with Crippen LogP contribution in [0.5, 0.6) is 0 Å². The number of rotatable bonds is 4. The van der Waals surface area contributed by atoms with E-state index in [9.17, 15) is 15.0 Å². The van der Waals surface area contributed by atoms with Gasteiger partial charge in [-0.3, -0.25) is 4.79 Å². The molecule has 11 heteroatoms. The van der Waals surface area contributed by atoms with Crippen LogP contribution in [0.4, 0.5) is 0 Å². The lowest BCUT2D eigenvalue weighted by atomic mass is 9.78. The van der Waals surface area contributed by atoms with Gasteiger partial charge >= 0.3 is 0 Å². The van der Waals surface area contributed by atoms with Crippen LogP contribution >= 0.6 is 0 Å². The van der Waals surface area contributed by atoms with Gasteiger partial charge in [-0.1, -0.05) is 27.0 Å². The SMILES string of the molecule is C=C1C[C@@H]2CC[C@]34CC[C@H](O3)[C@@H]3O[C@H]5CC[C@H](CC(=O)CC6[C@H](CC7O[C@@H](CCC1O2)C[C@@H](C)C7=C)O[C@H](C[C@H](O)CO)[C@@H]6C)O[C@@H]5[C@H](O4)[C@@H]3OC. The van der Waals surface area contributed by atoms with Crippen molar-refractivity contribution < 1.29 is 52.9 Å². The molecule has 52 heavy (non-hydrogen) atoms. The molecule has 0 aliphatic carbocycles. The lowest BCUT2D eigenvalue weighted by Crippen LogP contribution is -2.64. The van der Waals surface area contributed by atoms with Crippen LogP contribution in [0.15, 0.2) is 24.3 Å². The maximum atomic E-state index is 14.0. The highest BCUT2D eigenvalue weighted by Gasteiger charge is 2.61. The normalized spacial score (nSPS) is 50.4. The number of aliphatic hydroxyl groups is 2. The molecule has 18 atom stereocenters. The zero-order valence-corrected chi connectivity index (χ0v) is 31.4. The highest BCUT2D eigenvalue weighted by Crippen LogP contribution is 2.50. The number of carbonyl (C=O) groups is 1. The van der Waals surface area contributed by atoms with E-state index in [4.69, 9.17) is 37.9 Å². The van der Waals surface area contributed by atoms with Crippen molar-refractivity contribution in [2.75, 3.05) is 13.7 Å². The first kappa shape index (κ1) is 37.7. The average Bonchev–Trinajstić information content (AvgIpc) is 3.77. The summed E-state index contributed by atoms with van der Waals surface area (Å²) in [5.41, 5.74) is 2.21. The fraction of sp³-hybridized carbons (Fsp3) is 0.878. The highest BCUT2D eigenvalue weighted by molar-refractivity contribution is 5.79. The van der Waals surface area contributed by atoms with Gasteiger partial charge in [0.2, 0.25) is 0 Å². The number of ketones is 1. The third kappa shape index (κ3) is 7.38. The summed E-state index contributed by atoms with van der Waals surface area (Å²) < 4.78 is 53.6. The molecule has 8 aliphatic heterocycles. The average molecular weight is 731 g/mol. The Hall–Kier alpha value is -1.25. The number of carbonyl (C=O) groups excluding carboxylic acids is 1. The second-order valence-electron chi connectivity index (χ2n) is 17.5. The van der Waals surface area contributed by atoms with Crippen molar-refractivity contribution in [3.05, 3.63) is 24.3 Å². The van der Waals surface area contributed by atoms with Gasteiger partial charge in [-0.2, -0.15) is 0 Å². The molecule has 8 saturated heterocycles. The van der Waals surface area contributed by atoms with E-state index in [1.807, 2.05) is 0 Å². The molecule has 0 aromatic carbocycles. The van der Waals surface area contributed by atoms with Gasteiger partial charge in [-0.05, 0) is 80.3 Å². The van der Waals surface area contributed by atoms with Gasteiger partial charge in [0, 0.05) is 45.6 Å². The van der Waals surface area contributed by atoms with Crippen molar-refractivity contribution in [1.29, 1.82) is 0 Å². The molecule has 0 saturated carbocycles. The van der Waals surface area contributed by atoms with E-state index in [1.165, 1.54) is 0 Å². The van der Waals surface area contributed by atoms with Crippen molar-refractivity contribution >= 4 is 5.78 Å². The van der Waals surface area contributed by atoms with Crippen molar-refractivity contribution in [3.63, 3.8) is 0 Å². The molecule has 292 valence electrons. The van der Waals surface area contributed by atoms with Crippen LogP contribution in [0.25, 0.3) is 0 Å². The zero-order valence-electron chi connectivity index (χ0n) is 31.4. The molecule has 8 fully saturated rings. The standard InChI is InChI=1S/C41H62O11/c1-21-14-27-6-8-31-22(2)15-29(46-31)10-12-41-13-11-33(51-41)38-39(45-5)40(52-41)37-32(50-38)9-7-28(48-37)16-25(43)17-30-24(4)34(18-26(44)20-42)49-36(30)19-35(47-27)23(21)3/h21,24,26-40,42,44H,2-3,6-20H2,1,4-5H3/t21-,24-,26+,27+,28-,29+,30?,31?,32+,33+,34-,35?,36+,37+,38+,39-,40+,41+/m1/s1. The summed E-state index contributed by atoms with van der Waals surface area (Å²) in [5, 5.41) is 20.0. The van der Waals surface area contributed by atoms with Crippen LogP contribution in [0.3, 0.4) is 0 Å². The van der Waals surface area contributed by atoms with Gasteiger partial charge in [-0.25, -0.2) is 0 Å². The third-order valence-electron chi connectivity index (χ3n) is 14.0. The Kier molecular flexibility index (Phi) is 11.1. The molecule has 0 radical (unpaired) electrons. The Labute approximate surface area is 309 Å². The van der Waals surface area contributed by atoms with Crippen molar-refractivity contribution in [2.45, 2.75) is 195 Å². The van der Waals surface area contributed by atoms with Crippen LogP contribution in [-0.2, 0) is 42.7 Å². The van der Waals surface area contributed by atoms with E-state index in [0.717, 1.165) is 68.9 Å². The number of fused-ring (bicyclic) bond motifs is 9. The summed E-state index contributed by atoms with van der Waals surface area (Å²) in [6.07, 6.45) is 6.37. The van der Waals surface area contributed by atoms with Gasteiger partial charge in [-0.15, -0.1) is 0 Å². The van der Waals surface area contributed by atoms with Crippen LogP contribution in [0, 0.1) is 17.8 Å².